The van der Waals surface area contributed by atoms with Gasteiger partial charge in [-0.05, 0) is 18.9 Å². The summed E-state index contributed by atoms with van der Waals surface area (Å²) < 4.78 is 13.0. The van der Waals surface area contributed by atoms with Crippen LogP contribution in [0.25, 0.3) is 0 Å². The van der Waals surface area contributed by atoms with Gasteiger partial charge in [0.05, 0.1) is 24.3 Å². The molecule has 0 aromatic carbocycles. The molecule has 1 aliphatic heterocycles. The fraction of sp³-hybridized carbons (Fsp3) is 0.400. The number of hydrogen-bond donors (Lipinski definition) is 3. The largest absolute Gasteiger partial charge is 0.356 e. The zero-order valence-electron chi connectivity index (χ0n) is 12.8. The highest BCUT2D eigenvalue weighted by Crippen LogP contribution is 2.15. The molecule has 2 heterocycles. The predicted octanol–water partition coefficient (Wildman–Crippen LogP) is -0.840. The van der Waals surface area contributed by atoms with Crippen molar-refractivity contribution in [3.63, 3.8) is 0 Å². The van der Waals surface area contributed by atoms with Crippen LogP contribution in [0.4, 0.5) is 4.39 Å². The number of carbonyl (C=O) groups is 4. The predicted molar refractivity (Wildman–Crippen MR) is 80.3 cm³/mol. The van der Waals surface area contributed by atoms with Crippen molar-refractivity contribution in [3.05, 3.63) is 29.8 Å². The van der Waals surface area contributed by atoms with Crippen molar-refractivity contribution >= 4 is 24.0 Å². The van der Waals surface area contributed by atoms with Gasteiger partial charge in [0.15, 0.2) is 0 Å². The number of nitrogens with zero attached hydrogens (tertiary/aromatic N) is 1. The highest BCUT2D eigenvalue weighted by molar-refractivity contribution is 5.96. The molecular weight excluding hydrogens is 319 g/mol. The van der Waals surface area contributed by atoms with Gasteiger partial charge in [0, 0.05) is 18.7 Å². The summed E-state index contributed by atoms with van der Waals surface area (Å²) >= 11 is 0. The van der Waals surface area contributed by atoms with E-state index in [1.54, 1.807) is 0 Å². The summed E-state index contributed by atoms with van der Waals surface area (Å²) in [7, 11) is 0. The maximum atomic E-state index is 13.0. The van der Waals surface area contributed by atoms with E-state index in [2.05, 4.69) is 20.9 Å². The van der Waals surface area contributed by atoms with Gasteiger partial charge in [-0.25, -0.2) is 4.39 Å². The maximum Gasteiger partial charge on any atom is 0.253 e. The van der Waals surface area contributed by atoms with Gasteiger partial charge in [0.25, 0.3) is 5.91 Å². The van der Waals surface area contributed by atoms with Crippen LogP contribution in [-0.4, -0.2) is 48.1 Å². The molecule has 0 bridgehead atoms. The van der Waals surface area contributed by atoms with E-state index in [1.807, 2.05) is 0 Å². The molecule has 1 aromatic heterocycles. The van der Waals surface area contributed by atoms with Crippen LogP contribution in [-0.2, 0) is 14.4 Å². The van der Waals surface area contributed by atoms with Crippen LogP contribution in [0.1, 0.15) is 23.2 Å². The number of aromatic nitrogens is 1. The fourth-order valence-corrected chi connectivity index (χ4v) is 2.38. The average molecular weight is 336 g/mol. The zero-order chi connectivity index (χ0) is 17.5. The standard InChI is InChI=1S/C15H17FN4O4/c16-11-3-10(5-17-6-11)15(24)19-7-13(22)20-12(8-21)4-9-1-2-18-14(9)23/h3,5-6,8-9,12H,1-2,4,7H2,(H,18,23)(H,19,24)(H,20,22). The SMILES string of the molecule is O=CC(CC1CCNC1=O)NC(=O)CNC(=O)c1cncc(F)c1. The third-order valence-corrected chi connectivity index (χ3v) is 3.59. The second kappa shape index (κ2) is 8.14. The van der Waals surface area contributed by atoms with Crippen LogP contribution in [0.5, 0.6) is 0 Å². The van der Waals surface area contributed by atoms with Crippen LogP contribution >= 0.6 is 0 Å². The molecule has 1 aliphatic rings. The Morgan fingerprint density at radius 2 is 2.25 bits per heavy atom. The number of pyridine rings is 1. The first-order chi connectivity index (χ1) is 11.5. The molecule has 3 amide bonds. The molecular formula is C15H17FN4O4. The molecule has 2 atom stereocenters. The first-order valence-electron chi connectivity index (χ1n) is 7.40. The molecule has 2 rings (SSSR count). The lowest BCUT2D eigenvalue weighted by Gasteiger charge is -2.15. The van der Waals surface area contributed by atoms with Crippen molar-refractivity contribution in [1.29, 1.82) is 0 Å². The van der Waals surface area contributed by atoms with Crippen molar-refractivity contribution in [1.82, 2.24) is 20.9 Å². The van der Waals surface area contributed by atoms with Crippen molar-refractivity contribution in [3.8, 4) is 0 Å². The molecule has 2 unspecified atom stereocenters. The van der Waals surface area contributed by atoms with E-state index in [4.69, 9.17) is 0 Å². The smallest absolute Gasteiger partial charge is 0.253 e. The Bertz CT molecular complexity index is 652. The maximum absolute atomic E-state index is 13.0. The first-order valence-corrected chi connectivity index (χ1v) is 7.40. The van der Waals surface area contributed by atoms with E-state index in [9.17, 15) is 23.6 Å². The van der Waals surface area contributed by atoms with Crippen molar-refractivity contribution in [2.75, 3.05) is 13.1 Å². The number of amides is 3. The molecule has 3 N–H and O–H groups in total. The van der Waals surface area contributed by atoms with E-state index < -0.39 is 23.7 Å². The number of nitrogens with one attached hydrogen (secondary N) is 3. The Labute approximate surface area is 137 Å². The summed E-state index contributed by atoms with van der Waals surface area (Å²) in [6, 6.07) is 0.187. The Balaban J connectivity index is 1.80. The van der Waals surface area contributed by atoms with Crippen LogP contribution in [0, 0.1) is 11.7 Å². The van der Waals surface area contributed by atoms with Crippen LogP contribution < -0.4 is 16.0 Å². The molecule has 1 aromatic rings. The van der Waals surface area contributed by atoms with Crippen molar-refractivity contribution < 1.29 is 23.6 Å². The molecule has 24 heavy (non-hydrogen) atoms. The molecule has 1 fully saturated rings. The van der Waals surface area contributed by atoms with Gasteiger partial charge < -0.3 is 20.7 Å². The van der Waals surface area contributed by atoms with Gasteiger partial charge in [-0.1, -0.05) is 0 Å². The van der Waals surface area contributed by atoms with Crippen molar-refractivity contribution in [2.45, 2.75) is 18.9 Å². The number of halogens is 1. The monoisotopic (exact) mass is 336 g/mol. The third kappa shape index (κ3) is 4.83. The topological polar surface area (TPSA) is 117 Å². The number of rotatable bonds is 7. The molecule has 0 aliphatic carbocycles. The summed E-state index contributed by atoms with van der Waals surface area (Å²) in [6.07, 6.45) is 3.51. The van der Waals surface area contributed by atoms with Gasteiger partial charge in [-0.2, -0.15) is 0 Å². The quantitative estimate of drug-likeness (QED) is 0.561. The van der Waals surface area contributed by atoms with Gasteiger partial charge in [0.1, 0.15) is 12.1 Å². The summed E-state index contributed by atoms with van der Waals surface area (Å²) in [5.74, 6) is -2.35. The molecule has 1 saturated heterocycles. The fourth-order valence-electron chi connectivity index (χ4n) is 2.38. The number of hydrogen-bond acceptors (Lipinski definition) is 5. The average Bonchev–Trinajstić information content (AvgIpc) is 2.97. The zero-order valence-corrected chi connectivity index (χ0v) is 12.8. The third-order valence-electron chi connectivity index (χ3n) is 3.59. The van der Waals surface area contributed by atoms with Crippen LogP contribution in [0.15, 0.2) is 18.5 Å². The normalized spacial score (nSPS) is 17.7. The highest BCUT2D eigenvalue weighted by Gasteiger charge is 2.27. The Kier molecular flexibility index (Phi) is 5.94. The Hall–Kier alpha value is -2.84. The summed E-state index contributed by atoms with van der Waals surface area (Å²) in [6.45, 7) is 0.178. The van der Waals surface area contributed by atoms with Gasteiger partial charge >= 0.3 is 0 Å². The van der Waals surface area contributed by atoms with Crippen molar-refractivity contribution in [2.24, 2.45) is 5.92 Å². The molecule has 0 radical (unpaired) electrons. The summed E-state index contributed by atoms with van der Waals surface area (Å²) in [5.41, 5.74) is -0.0163. The lowest BCUT2D eigenvalue weighted by Crippen LogP contribution is -2.44. The van der Waals surface area contributed by atoms with Gasteiger partial charge in [-0.15, -0.1) is 0 Å². The van der Waals surface area contributed by atoms with E-state index in [0.29, 0.717) is 19.3 Å². The lowest BCUT2D eigenvalue weighted by molar-refractivity contribution is -0.125. The first kappa shape index (κ1) is 17.5. The second-order valence-corrected chi connectivity index (χ2v) is 5.40. The van der Waals surface area contributed by atoms with E-state index in [0.717, 1.165) is 12.3 Å². The Morgan fingerprint density at radius 3 is 2.88 bits per heavy atom. The molecule has 128 valence electrons. The van der Waals surface area contributed by atoms with Gasteiger partial charge in [0.2, 0.25) is 11.8 Å². The van der Waals surface area contributed by atoms with Crippen LogP contribution in [0.2, 0.25) is 0 Å². The summed E-state index contributed by atoms with van der Waals surface area (Å²) in [5, 5.41) is 7.40. The van der Waals surface area contributed by atoms with Gasteiger partial charge in [-0.3, -0.25) is 19.4 Å². The van der Waals surface area contributed by atoms with E-state index in [1.165, 1.54) is 6.20 Å². The minimum Gasteiger partial charge on any atom is -0.356 e. The minimum absolute atomic E-state index is 0.0163. The van der Waals surface area contributed by atoms with E-state index in [-0.39, 0.29) is 30.4 Å². The number of aldehydes is 1. The lowest BCUT2D eigenvalue weighted by atomic mass is 9.99. The highest BCUT2D eigenvalue weighted by atomic mass is 19.1. The molecule has 9 heteroatoms. The molecule has 8 nitrogen and oxygen atoms in total. The van der Waals surface area contributed by atoms with E-state index >= 15 is 0 Å². The van der Waals surface area contributed by atoms with Crippen LogP contribution in [0.3, 0.4) is 0 Å². The second-order valence-electron chi connectivity index (χ2n) is 5.40. The number of carbonyl (C=O) groups excluding carboxylic acids is 4. The Morgan fingerprint density at radius 1 is 1.46 bits per heavy atom. The molecule has 0 saturated carbocycles. The minimum atomic E-state index is -0.806. The molecule has 0 spiro atoms. The summed E-state index contributed by atoms with van der Waals surface area (Å²) in [4.78, 5) is 49.6.